The Balaban J connectivity index is 2.30. The molecule has 3 rings (SSSR count). The molecule has 3 atom stereocenters. The second-order valence-corrected chi connectivity index (χ2v) is 8.71. The molecule has 1 aromatic rings. The van der Waals surface area contributed by atoms with Crippen LogP contribution in [0.3, 0.4) is 0 Å². The van der Waals surface area contributed by atoms with Gasteiger partial charge in [-0.1, -0.05) is 32.1 Å². The molecule has 0 aromatic carbocycles. The summed E-state index contributed by atoms with van der Waals surface area (Å²) < 4.78 is 5.42. The lowest BCUT2D eigenvalue weighted by atomic mass is 9.73. The molecule has 1 saturated heterocycles. The average Bonchev–Trinajstić information content (AvgIpc) is 2.80. The van der Waals surface area contributed by atoms with E-state index in [1.165, 1.54) is 6.07 Å². The summed E-state index contributed by atoms with van der Waals surface area (Å²) in [5, 5.41) is 33.9. The molecule has 33 heavy (non-hydrogen) atoms. The average molecular weight is 459 g/mol. The summed E-state index contributed by atoms with van der Waals surface area (Å²) in [7, 11) is 0. The molecule has 0 radical (unpaired) electrons. The fourth-order valence-corrected chi connectivity index (χ4v) is 4.14. The van der Waals surface area contributed by atoms with Crippen LogP contribution in [0.25, 0.3) is 11.8 Å². The summed E-state index contributed by atoms with van der Waals surface area (Å²) in [5.41, 5.74) is 0.363. The zero-order chi connectivity index (χ0) is 24.0. The van der Waals surface area contributed by atoms with E-state index in [0.29, 0.717) is 54.7 Å². The van der Waals surface area contributed by atoms with Crippen LogP contribution in [0.2, 0.25) is 0 Å². The number of aromatic nitrogens is 1. The van der Waals surface area contributed by atoms with Gasteiger partial charge in [-0.3, -0.25) is 0 Å². The molecule has 2 aliphatic rings. The number of carboxylic acid groups (broad SMARTS) is 1. The van der Waals surface area contributed by atoms with E-state index in [4.69, 9.17) is 9.73 Å². The first-order valence-corrected chi connectivity index (χ1v) is 11.3. The van der Waals surface area contributed by atoms with Gasteiger partial charge in [0.1, 0.15) is 0 Å². The highest BCUT2D eigenvalue weighted by atomic mass is 16.5. The molecule has 3 unspecified atom stereocenters. The van der Waals surface area contributed by atoms with Crippen LogP contribution >= 0.6 is 0 Å². The quantitative estimate of drug-likeness (QED) is 0.263. The molecular weight excluding hydrogens is 424 g/mol. The van der Waals surface area contributed by atoms with Crippen molar-refractivity contribution < 1.29 is 24.9 Å². The Labute approximate surface area is 193 Å². The molecule has 0 amide bonds. The number of carbonyl (C=O) groups is 1. The summed E-state index contributed by atoms with van der Waals surface area (Å²) in [6.45, 7) is 8.62. The lowest BCUT2D eigenvalue weighted by Gasteiger charge is -2.35. The molecule has 0 bridgehead atoms. The van der Waals surface area contributed by atoms with Crippen LogP contribution < -0.4 is 15.9 Å². The standard InChI is InChI=1S/C24H34N4O5/c1-4-17-18(25-7-10-29)13-19(23(31)32)27-21(17)22(26-15-28-8-11-33-12-9-28)24(3)6-5-16(2)20(30)14-24/h4-6,13,15-16,20,25,29-30H,7-12,14H2,1-3H3,(H,31,32). The van der Waals surface area contributed by atoms with E-state index in [-0.39, 0.29) is 24.8 Å². The smallest absolute Gasteiger partial charge is 0.354 e. The first-order valence-electron chi connectivity index (χ1n) is 11.3. The molecule has 0 spiro atoms. The fourth-order valence-electron chi connectivity index (χ4n) is 4.14. The van der Waals surface area contributed by atoms with Crippen LogP contribution in [0.15, 0.2) is 23.2 Å². The Morgan fingerprint density at radius 3 is 2.76 bits per heavy atom. The Bertz CT molecular complexity index is 1030. The highest BCUT2D eigenvalue weighted by molar-refractivity contribution is 5.86. The summed E-state index contributed by atoms with van der Waals surface area (Å²) in [6, 6.07) is 1.47. The number of ether oxygens (including phenoxy) is 1. The van der Waals surface area contributed by atoms with Crippen LogP contribution in [-0.2, 0) is 4.74 Å². The molecular formula is C24H34N4O5. The van der Waals surface area contributed by atoms with E-state index >= 15 is 0 Å². The molecule has 4 N–H and O–H groups in total. The molecule has 1 aliphatic heterocycles. The SMILES string of the molecule is CC=c1c(NCCO)cc(C(=O)O)nc1=C(N=CN1CCOCC1)C1(C)C=CC(C)C(O)C1. The third kappa shape index (κ3) is 5.79. The number of aliphatic imine (C=N–C) groups is 1. The van der Waals surface area contributed by atoms with Crippen molar-refractivity contribution in [3.63, 3.8) is 0 Å². The van der Waals surface area contributed by atoms with Crippen molar-refractivity contribution in [1.82, 2.24) is 9.88 Å². The molecule has 9 heteroatoms. The number of hydrogen-bond donors (Lipinski definition) is 4. The van der Waals surface area contributed by atoms with Gasteiger partial charge in [0.2, 0.25) is 0 Å². The van der Waals surface area contributed by atoms with Crippen LogP contribution in [-0.4, -0.2) is 83.1 Å². The minimum Gasteiger partial charge on any atom is -0.477 e. The van der Waals surface area contributed by atoms with E-state index in [2.05, 4.69) is 15.2 Å². The zero-order valence-corrected chi connectivity index (χ0v) is 19.5. The topological polar surface area (TPSA) is 128 Å². The van der Waals surface area contributed by atoms with Gasteiger partial charge in [-0.05, 0) is 19.4 Å². The number of pyridine rings is 1. The third-order valence-corrected chi connectivity index (χ3v) is 6.16. The van der Waals surface area contributed by atoms with Crippen molar-refractivity contribution >= 4 is 29.8 Å². The van der Waals surface area contributed by atoms with Crippen molar-refractivity contribution in [3.8, 4) is 0 Å². The van der Waals surface area contributed by atoms with Crippen molar-refractivity contribution in [2.75, 3.05) is 44.8 Å². The molecule has 1 fully saturated rings. The number of aliphatic hydroxyl groups is 2. The third-order valence-electron chi connectivity index (χ3n) is 6.16. The Morgan fingerprint density at radius 1 is 1.42 bits per heavy atom. The largest absolute Gasteiger partial charge is 0.477 e. The van der Waals surface area contributed by atoms with Crippen LogP contribution in [0.1, 0.15) is 37.7 Å². The summed E-state index contributed by atoms with van der Waals surface area (Å²) in [6.07, 6.45) is 7.49. The normalized spacial score (nSPS) is 27.2. The van der Waals surface area contributed by atoms with E-state index in [9.17, 15) is 20.1 Å². The summed E-state index contributed by atoms with van der Waals surface area (Å²) in [5.74, 6) is -1.14. The monoisotopic (exact) mass is 458 g/mol. The van der Waals surface area contributed by atoms with Crippen molar-refractivity contribution in [2.24, 2.45) is 16.3 Å². The van der Waals surface area contributed by atoms with Gasteiger partial charge < -0.3 is 30.3 Å². The van der Waals surface area contributed by atoms with Gasteiger partial charge in [0, 0.05) is 41.9 Å². The highest BCUT2D eigenvalue weighted by Gasteiger charge is 2.35. The lowest BCUT2D eigenvalue weighted by Crippen LogP contribution is -2.41. The number of aromatic carboxylic acids is 1. The maximum atomic E-state index is 11.9. The highest BCUT2D eigenvalue weighted by Crippen LogP contribution is 2.40. The van der Waals surface area contributed by atoms with Gasteiger partial charge >= 0.3 is 5.97 Å². The van der Waals surface area contributed by atoms with Gasteiger partial charge in [-0.15, -0.1) is 0 Å². The predicted octanol–water partition coefficient (Wildman–Crippen LogP) is 0.416. The maximum absolute atomic E-state index is 11.9. The molecule has 1 aliphatic carbocycles. The number of hydrogen-bond acceptors (Lipinski definition) is 7. The number of nitrogens with one attached hydrogen (secondary N) is 1. The molecule has 9 nitrogen and oxygen atoms in total. The first-order chi connectivity index (χ1) is 15.8. The van der Waals surface area contributed by atoms with Crippen molar-refractivity contribution in [3.05, 3.63) is 34.5 Å². The first kappa shape index (κ1) is 24.9. The Kier molecular flexibility index (Phi) is 8.23. The number of aliphatic hydroxyl groups excluding tert-OH is 2. The molecule has 1 aromatic heterocycles. The number of nitrogens with zero attached hydrogens (tertiary/aromatic N) is 3. The van der Waals surface area contributed by atoms with Gasteiger partial charge in [0.15, 0.2) is 5.69 Å². The second-order valence-electron chi connectivity index (χ2n) is 8.71. The summed E-state index contributed by atoms with van der Waals surface area (Å²) in [4.78, 5) is 23.3. The number of carboxylic acids is 1. The van der Waals surface area contributed by atoms with Gasteiger partial charge in [-0.2, -0.15) is 0 Å². The summed E-state index contributed by atoms with van der Waals surface area (Å²) >= 11 is 0. The van der Waals surface area contributed by atoms with E-state index < -0.39 is 17.5 Å². The molecule has 180 valence electrons. The van der Waals surface area contributed by atoms with Crippen LogP contribution in [0.5, 0.6) is 0 Å². The van der Waals surface area contributed by atoms with E-state index in [1.807, 2.05) is 39.0 Å². The number of rotatable bonds is 7. The van der Waals surface area contributed by atoms with Gasteiger partial charge in [0.25, 0.3) is 0 Å². The number of morpholine rings is 1. The van der Waals surface area contributed by atoms with Crippen LogP contribution in [0.4, 0.5) is 5.69 Å². The molecule has 2 heterocycles. The zero-order valence-electron chi connectivity index (χ0n) is 19.5. The van der Waals surface area contributed by atoms with Gasteiger partial charge in [-0.25, -0.2) is 14.8 Å². The fraction of sp³-hybridized carbons (Fsp3) is 0.542. The van der Waals surface area contributed by atoms with Crippen molar-refractivity contribution in [1.29, 1.82) is 0 Å². The Morgan fingerprint density at radius 2 is 2.15 bits per heavy atom. The Hall–Kier alpha value is -2.75. The van der Waals surface area contributed by atoms with Gasteiger partial charge in [0.05, 0.1) is 43.3 Å². The lowest BCUT2D eigenvalue weighted by molar-refractivity contribution is 0.0689. The number of anilines is 1. The molecule has 0 saturated carbocycles. The van der Waals surface area contributed by atoms with E-state index in [1.54, 1.807) is 6.34 Å². The minimum atomic E-state index is -1.15. The minimum absolute atomic E-state index is 0.0138. The predicted molar refractivity (Wildman–Crippen MR) is 127 cm³/mol. The second kappa shape index (κ2) is 10.9. The van der Waals surface area contributed by atoms with Crippen LogP contribution in [0, 0.1) is 11.3 Å². The maximum Gasteiger partial charge on any atom is 0.354 e. The van der Waals surface area contributed by atoms with E-state index in [0.717, 1.165) is 0 Å². The van der Waals surface area contributed by atoms with Crippen molar-refractivity contribution in [2.45, 2.75) is 33.3 Å².